The number of likely N-dealkylation sites (tertiary alicyclic amines) is 1. The molecule has 0 amide bonds. The molecule has 2 saturated heterocycles. The summed E-state index contributed by atoms with van der Waals surface area (Å²) >= 11 is 1.70. The number of thioether (sulfide) groups is 1. The van der Waals surface area contributed by atoms with Gasteiger partial charge in [0.15, 0.2) is 5.16 Å². The van der Waals surface area contributed by atoms with E-state index in [2.05, 4.69) is 14.9 Å². The van der Waals surface area contributed by atoms with Crippen molar-refractivity contribution >= 4 is 24.3 Å². The first-order chi connectivity index (χ1) is 11.8. The van der Waals surface area contributed by atoms with Gasteiger partial charge in [-0.3, -0.25) is 0 Å². The van der Waals surface area contributed by atoms with Gasteiger partial charge in [-0.05, 0) is 46.6 Å². The van der Waals surface area contributed by atoms with E-state index in [9.17, 15) is 0 Å². The standard InChI is InChI=1S/C17H28BN3O3S/c1-16(2)17(3,4)24-18(23-16)14-9-19-15(20-10-14)25-12-13-5-6-21(11-13)7-8-22/h9-10,13,22H,5-8,11-12H2,1-4H3/t13-/m0/s1. The highest BCUT2D eigenvalue weighted by atomic mass is 32.2. The summed E-state index contributed by atoms with van der Waals surface area (Å²) in [4.78, 5) is 11.3. The molecule has 1 aromatic heterocycles. The second kappa shape index (κ2) is 7.52. The van der Waals surface area contributed by atoms with Crippen molar-refractivity contribution in [1.29, 1.82) is 0 Å². The normalized spacial score (nSPS) is 25.6. The SMILES string of the molecule is CC1(C)OB(c2cnc(SC[C@H]3CCN(CCO)C3)nc2)OC1(C)C. The zero-order valence-corrected chi connectivity index (χ0v) is 16.4. The van der Waals surface area contributed by atoms with Crippen LogP contribution in [0.25, 0.3) is 0 Å². The molecular formula is C17H28BN3O3S. The van der Waals surface area contributed by atoms with Crippen LogP contribution < -0.4 is 5.46 Å². The van der Waals surface area contributed by atoms with Gasteiger partial charge < -0.3 is 19.3 Å². The van der Waals surface area contributed by atoms with Crippen LogP contribution >= 0.6 is 11.8 Å². The van der Waals surface area contributed by atoms with Gasteiger partial charge in [-0.25, -0.2) is 9.97 Å². The molecule has 8 heteroatoms. The van der Waals surface area contributed by atoms with Crippen LogP contribution in [0.1, 0.15) is 34.1 Å². The lowest BCUT2D eigenvalue weighted by molar-refractivity contribution is 0.00578. The molecule has 138 valence electrons. The molecule has 2 aliphatic rings. The predicted octanol–water partition coefficient (Wildman–Crippen LogP) is 1.18. The molecule has 0 saturated carbocycles. The molecule has 25 heavy (non-hydrogen) atoms. The molecule has 0 spiro atoms. The maximum atomic E-state index is 9.01. The lowest BCUT2D eigenvalue weighted by atomic mass is 9.81. The zero-order valence-electron chi connectivity index (χ0n) is 15.6. The van der Waals surface area contributed by atoms with Crippen molar-refractivity contribution in [2.75, 3.05) is 32.0 Å². The van der Waals surface area contributed by atoms with E-state index in [-0.39, 0.29) is 17.8 Å². The molecular weight excluding hydrogens is 337 g/mol. The molecule has 0 radical (unpaired) electrons. The third-order valence-electron chi connectivity index (χ3n) is 5.41. The van der Waals surface area contributed by atoms with Crippen molar-refractivity contribution in [2.24, 2.45) is 5.92 Å². The summed E-state index contributed by atoms with van der Waals surface area (Å²) in [6.07, 6.45) is 4.80. The van der Waals surface area contributed by atoms with Gasteiger partial charge in [0.2, 0.25) is 0 Å². The summed E-state index contributed by atoms with van der Waals surface area (Å²) in [5.74, 6) is 1.65. The Morgan fingerprint density at radius 1 is 1.24 bits per heavy atom. The van der Waals surface area contributed by atoms with Gasteiger partial charge in [-0.15, -0.1) is 0 Å². The first-order valence-electron chi connectivity index (χ1n) is 8.94. The Hall–Kier alpha value is -0.665. The number of hydrogen-bond acceptors (Lipinski definition) is 7. The smallest absolute Gasteiger partial charge is 0.399 e. The average molecular weight is 365 g/mol. The lowest BCUT2D eigenvalue weighted by Crippen LogP contribution is -2.41. The first kappa shape index (κ1) is 19.1. The molecule has 3 rings (SSSR count). The Morgan fingerprint density at radius 3 is 2.48 bits per heavy atom. The maximum Gasteiger partial charge on any atom is 0.498 e. The van der Waals surface area contributed by atoms with Crippen LogP contribution in [0.5, 0.6) is 0 Å². The summed E-state index contributed by atoms with van der Waals surface area (Å²) in [5.41, 5.74) is 0.153. The van der Waals surface area contributed by atoms with Gasteiger partial charge in [0, 0.05) is 36.7 Å². The van der Waals surface area contributed by atoms with Crippen LogP contribution in [0, 0.1) is 5.92 Å². The lowest BCUT2D eigenvalue weighted by Gasteiger charge is -2.32. The summed E-state index contributed by atoms with van der Waals surface area (Å²) < 4.78 is 12.1. The summed E-state index contributed by atoms with van der Waals surface area (Å²) in [7, 11) is -0.411. The van der Waals surface area contributed by atoms with Gasteiger partial charge >= 0.3 is 7.12 Å². The van der Waals surface area contributed by atoms with Gasteiger partial charge in [0.05, 0.1) is 17.8 Å². The Bertz CT molecular complexity index is 569. The van der Waals surface area contributed by atoms with E-state index in [0.29, 0.717) is 5.92 Å². The summed E-state index contributed by atoms with van der Waals surface area (Å²) in [6, 6.07) is 0. The van der Waals surface area contributed by atoms with Crippen molar-refractivity contribution in [3.05, 3.63) is 12.4 Å². The van der Waals surface area contributed by atoms with Gasteiger partial charge in [0.25, 0.3) is 0 Å². The van der Waals surface area contributed by atoms with Crippen molar-refractivity contribution in [1.82, 2.24) is 14.9 Å². The maximum absolute atomic E-state index is 9.01. The van der Waals surface area contributed by atoms with Crippen LogP contribution in [0.4, 0.5) is 0 Å². The van der Waals surface area contributed by atoms with Gasteiger partial charge in [-0.2, -0.15) is 0 Å². The van der Waals surface area contributed by atoms with Gasteiger partial charge in [-0.1, -0.05) is 11.8 Å². The number of rotatable bonds is 6. The van der Waals surface area contributed by atoms with E-state index in [1.165, 1.54) is 6.42 Å². The van der Waals surface area contributed by atoms with Crippen LogP contribution in [-0.4, -0.2) is 70.3 Å². The minimum atomic E-state index is -0.411. The first-order valence-corrected chi connectivity index (χ1v) is 9.93. The average Bonchev–Trinajstić information content (AvgIpc) is 3.08. The molecule has 3 heterocycles. The van der Waals surface area contributed by atoms with Crippen molar-refractivity contribution in [3.63, 3.8) is 0 Å². The zero-order chi connectivity index (χ0) is 18.1. The van der Waals surface area contributed by atoms with E-state index in [0.717, 1.165) is 36.0 Å². The second-order valence-electron chi connectivity index (χ2n) is 7.88. The largest absolute Gasteiger partial charge is 0.498 e. The van der Waals surface area contributed by atoms with Crippen LogP contribution in [0.15, 0.2) is 17.6 Å². The van der Waals surface area contributed by atoms with Crippen LogP contribution in [-0.2, 0) is 9.31 Å². The summed E-state index contributed by atoms with van der Waals surface area (Å²) in [6.45, 7) is 11.3. The minimum Gasteiger partial charge on any atom is -0.399 e. The quantitative estimate of drug-likeness (QED) is 0.461. The van der Waals surface area contributed by atoms with E-state index in [1.54, 1.807) is 11.8 Å². The molecule has 1 N–H and O–H groups in total. The number of hydrogen-bond donors (Lipinski definition) is 1. The third-order valence-corrected chi connectivity index (χ3v) is 6.51. The topological polar surface area (TPSA) is 67.7 Å². The third kappa shape index (κ3) is 4.36. The van der Waals surface area contributed by atoms with E-state index in [4.69, 9.17) is 14.4 Å². The molecule has 2 aliphatic heterocycles. The highest BCUT2D eigenvalue weighted by Gasteiger charge is 2.51. The molecule has 2 fully saturated rings. The highest BCUT2D eigenvalue weighted by molar-refractivity contribution is 7.99. The molecule has 6 nitrogen and oxygen atoms in total. The monoisotopic (exact) mass is 365 g/mol. The van der Waals surface area contributed by atoms with Crippen molar-refractivity contribution in [3.8, 4) is 0 Å². The van der Waals surface area contributed by atoms with Crippen molar-refractivity contribution < 1.29 is 14.4 Å². The predicted molar refractivity (Wildman–Crippen MR) is 100 cm³/mol. The Kier molecular flexibility index (Phi) is 5.75. The van der Waals surface area contributed by atoms with Crippen molar-refractivity contribution in [2.45, 2.75) is 50.5 Å². The molecule has 0 aromatic carbocycles. The van der Waals surface area contributed by atoms with Crippen LogP contribution in [0.3, 0.4) is 0 Å². The number of β-amino-alcohol motifs (C(OH)–C–C–N with tert-alkyl or cyclic N) is 1. The fourth-order valence-electron chi connectivity index (χ4n) is 3.09. The number of aromatic nitrogens is 2. The molecule has 0 bridgehead atoms. The van der Waals surface area contributed by atoms with Crippen LogP contribution in [0.2, 0.25) is 0 Å². The fourth-order valence-corrected chi connectivity index (χ4v) is 4.00. The van der Waals surface area contributed by atoms with E-state index in [1.807, 2.05) is 40.1 Å². The fraction of sp³-hybridized carbons (Fsp3) is 0.765. The van der Waals surface area contributed by atoms with Gasteiger partial charge in [0.1, 0.15) is 0 Å². The number of nitrogens with zero attached hydrogens (tertiary/aromatic N) is 3. The molecule has 1 aromatic rings. The highest BCUT2D eigenvalue weighted by Crippen LogP contribution is 2.36. The number of aliphatic hydroxyl groups excluding tert-OH is 1. The van der Waals surface area contributed by atoms with E-state index < -0.39 is 7.12 Å². The molecule has 0 aliphatic carbocycles. The molecule has 1 atom stereocenters. The van der Waals surface area contributed by atoms with E-state index >= 15 is 0 Å². The summed E-state index contributed by atoms with van der Waals surface area (Å²) in [5, 5.41) is 9.81. The number of aliphatic hydroxyl groups is 1. The molecule has 0 unspecified atom stereocenters. The second-order valence-corrected chi connectivity index (χ2v) is 8.86. The minimum absolute atomic E-state index is 0.239. The Balaban J connectivity index is 1.52. The Labute approximate surface area is 154 Å². The Morgan fingerprint density at radius 2 is 1.88 bits per heavy atom.